The molecule has 7 heteroatoms. The summed E-state index contributed by atoms with van der Waals surface area (Å²) < 4.78 is 19.7. The van der Waals surface area contributed by atoms with Crippen molar-refractivity contribution in [2.24, 2.45) is 5.92 Å². The van der Waals surface area contributed by atoms with Gasteiger partial charge in [-0.05, 0) is 48.6 Å². The lowest BCUT2D eigenvalue weighted by Gasteiger charge is -2.56. The number of rotatable bonds is 5. The molecule has 3 aromatic rings. The molecule has 0 bridgehead atoms. The molecule has 1 aromatic heterocycles. The van der Waals surface area contributed by atoms with E-state index in [1.54, 1.807) is 30.2 Å². The summed E-state index contributed by atoms with van der Waals surface area (Å²) in [6.45, 7) is 2.84. The van der Waals surface area contributed by atoms with Crippen LogP contribution in [0.4, 0.5) is 4.39 Å². The SMILES string of the molecule is COc1ccc2c3c([nH]c2c1)[C@@H](CO)N(CC1CC1)CC31CN(C(=O)c2ccccc2F)C1. The van der Waals surface area contributed by atoms with Crippen molar-refractivity contribution in [2.45, 2.75) is 24.3 Å². The van der Waals surface area contributed by atoms with Gasteiger partial charge in [0.05, 0.1) is 25.3 Å². The van der Waals surface area contributed by atoms with Crippen molar-refractivity contribution in [1.29, 1.82) is 0 Å². The van der Waals surface area contributed by atoms with E-state index in [1.807, 2.05) is 12.1 Å². The Bertz CT molecular complexity index is 1230. The van der Waals surface area contributed by atoms with Crippen LogP contribution in [0.3, 0.4) is 0 Å². The number of carbonyl (C=O) groups is 1. The lowest BCUT2D eigenvalue weighted by Crippen LogP contribution is -2.67. The van der Waals surface area contributed by atoms with E-state index in [1.165, 1.54) is 24.5 Å². The average Bonchev–Trinajstić information content (AvgIpc) is 3.53. The van der Waals surface area contributed by atoms with E-state index in [0.717, 1.165) is 35.4 Å². The fourth-order valence-electron chi connectivity index (χ4n) is 5.83. The molecule has 6 rings (SSSR count). The number of aliphatic hydroxyl groups excluding tert-OH is 1. The molecule has 1 saturated carbocycles. The number of aromatic nitrogens is 1. The maximum Gasteiger partial charge on any atom is 0.256 e. The normalized spacial score (nSPS) is 21.8. The number of hydrogen-bond acceptors (Lipinski definition) is 4. The van der Waals surface area contributed by atoms with Crippen LogP contribution in [0.15, 0.2) is 42.5 Å². The van der Waals surface area contributed by atoms with E-state index < -0.39 is 5.82 Å². The fraction of sp³-hybridized carbons (Fsp3) is 0.423. The predicted molar refractivity (Wildman–Crippen MR) is 123 cm³/mol. The van der Waals surface area contributed by atoms with Crippen molar-refractivity contribution in [3.8, 4) is 5.75 Å². The van der Waals surface area contributed by atoms with Gasteiger partial charge in [-0.3, -0.25) is 9.69 Å². The Balaban J connectivity index is 1.40. The molecule has 1 saturated heterocycles. The highest BCUT2D eigenvalue weighted by molar-refractivity contribution is 5.96. The van der Waals surface area contributed by atoms with Crippen molar-refractivity contribution < 1.29 is 19.0 Å². The third-order valence-corrected chi connectivity index (χ3v) is 7.59. The molecule has 172 valence electrons. The summed E-state index contributed by atoms with van der Waals surface area (Å²) in [5.74, 6) is 0.705. The molecule has 1 atom stereocenters. The van der Waals surface area contributed by atoms with E-state index >= 15 is 0 Å². The number of carbonyl (C=O) groups excluding carboxylic acids is 1. The van der Waals surface area contributed by atoms with Gasteiger partial charge in [0, 0.05) is 54.3 Å². The molecule has 2 aromatic carbocycles. The minimum Gasteiger partial charge on any atom is -0.497 e. The largest absolute Gasteiger partial charge is 0.497 e. The molecule has 2 fully saturated rings. The van der Waals surface area contributed by atoms with E-state index in [9.17, 15) is 14.3 Å². The first-order valence-electron chi connectivity index (χ1n) is 11.6. The van der Waals surface area contributed by atoms with Crippen molar-refractivity contribution in [3.63, 3.8) is 0 Å². The zero-order valence-corrected chi connectivity index (χ0v) is 18.7. The Kier molecular flexibility index (Phi) is 4.74. The fourth-order valence-corrected chi connectivity index (χ4v) is 5.83. The number of fused-ring (bicyclic) bond motifs is 4. The van der Waals surface area contributed by atoms with Gasteiger partial charge in [-0.15, -0.1) is 0 Å². The predicted octanol–water partition coefficient (Wildman–Crippen LogP) is 3.47. The number of ether oxygens (including phenoxy) is 1. The number of H-pyrrole nitrogens is 1. The van der Waals surface area contributed by atoms with Crippen LogP contribution in [0.2, 0.25) is 0 Å². The van der Waals surface area contributed by atoms with Gasteiger partial charge in [0.1, 0.15) is 11.6 Å². The van der Waals surface area contributed by atoms with Crippen LogP contribution >= 0.6 is 0 Å². The van der Waals surface area contributed by atoms with Gasteiger partial charge < -0.3 is 19.7 Å². The summed E-state index contributed by atoms with van der Waals surface area (Å²) >= 11 is 0. The molecule has 3 aliphatic rings. The number of amides is 1. The zero-order valence-electron chi connectivity index (χ0n) is 18.7. The van der Waals surface area contributed by atoms with Crippen LogP contribution < -0.4 is 4.74 Å². The minimum atomic E-state index is -0.484. The maximum atomic E-state index is 14.3. The van der Waals surface area contributed by atoms with Crippen molar-refractivity contribution in [1.82, 2.24) is 14.8 Å². The number of halogens is 1. The molecule has 2 N–H and O–H groups in total. The second kappa shape index (κ2) is 7.57. The van der Waals surface area contributed by atoms with Gasteiger partial charge in [0.25, 0.3) is 5.91 Å². The van der Waals surface area contributed by atoms with Crippen LogP contribution in [0.25, 0.3) is 10.9 Å². The number of nitrogens with one attached hydrogen (secondary N) is 1. The summed E-state index contributed by atoms with van der Waals surface area (Å²) in [4.78, 5) is 20.8. The Morgan fingerprint density at radius 2 is 2.00 bits per heavy atom. The first-order chi connectivity index (χ1) is 16.0. The standard InChI is InChI=1S/C26H28FN3O3/c1-33-17-8-9-19-21(10-17)28-24-22(12-31)29(11-16-6-7-16)13-26(23(19)24)14-30(15-26)25(32)18-4-2-3-5-20(18)27/h2-5,8-10,16,22,28,31H,6-7,11-15H2,1H3/t22-/m1/s1. The summed E-state index contributed by atoms with van der Waals surface area (Å²) in [6, 6.07) is 12.1. The van der Waals surface area contributed by atoms with Crippen LogP contribution in [-0.2, 0) is 5.41 Å². The summed E-state index contributed by atoms with van der Waals surface area (Å²) in [6.07, 6.45) is 2.46. The van der Waals surface area contributed by atoms with Gasteiger partial charge in [-0.2, -0.15) is 0 Å². The molecule has 1 amide bonds. The van der Waals surface area contributed by atoms with Crippen molar-refractivity contribution in [3.05, 3.63) is 65.1 Å². The number of likely N-dealkylation sites (tertiary alicyclic amines) is 1. The summed E-state index contributed by atoms with van der Waals surface area (Å²) in [7, 11) is 1.65. The quantitative estimate of drug-likeness (QED) is 0.626. The van der Waals surface area contributed by atoms with Gasteiger partial charge in [-0.1, -0.05) is 12.1 Å². The highest BCUT2D eigenvalue weighted by atomic mass is 19.1. The third-order valence-electron chi connectivity index (χ3n) is 7.59. The monoisotopic (exact) mass is 449 g/mol. The Hall–Kier alpha value is -2.90. The van der Waals surface area contributed by atoms with Crippen LogP contribution in [-0.4, -0.2) is 65.7 Å². The molecular formula is C26H28FN3O3. The Morgan fingerprint density at radius 1 is 1.21 bits per heavy atom. The second-order valence-corrected chi connectivity index (χ2v) is 9.82. The molecule has 1 spiro atoms. The van der Waals surface area contributed by atoms with Crippen molar-refractivity contribution in [2.75, 3.05) is 39.9 Å². The molecule has 6 nitrogen and oxygen atoms in total. The number of nitrogens with zero attached hydrogens (tertiary/aromatic N) is 2. The van der Waals surface area contributed by atoms with Gasteiger partial charge in [-0.25, -0.2) is 4.39 Å². The smallest absolute Gasteiger partial charge is 0.256 e. The van der Waals surface area contributed by atoms with Gasteiger partial charge >= 0.3 is 0 Å². The van der Waals surface area contributed by atoms with E-state index in [-0.39, 0.29) is 29.5 Å². The summed E-state index contributed by atoms with van der Waals surface area (Å²) in [5.41, 5.74) is 3.07. The van der Waals surface area contributed by atoms with Crippen LogP contribution in [0.1, 0.15) is 40.5 Å². The number of aromatic amines is 1. The Labute approximate surface area is 191 Å². The van der Waals surface area contributed by atoms with Crippen LogP contribution in [0, 0.1) is 11.7 Å². The topological polar surface area (TPSA) is 68.8 Å². The van der Waals surface area contributed by atoms with Gasteiger partial charge in [0.2, 0.25) is 0 Å². The second-order valence-electron chi connectivity index (χ2n) is 9.82. The lowest BCUT2D eigenvalue weighted by molar-refractivity contribution is -0.00154. The van der Waals surface area contributed by atoms with E-state index in [0.29, 0.717) is 19.0 Å². The molecule has 0 radical (unpaired) electrons. The first kappa shape index (κ1) is 20.7. The van der Waals surface area contributed by atoms with Gasteiger partial charge in [0.15, 0.2) is 0 Å². The molecule has 1 aliphatic carbocycles. The number of aliphatic hydroxyl groups is 1. The highest BCUT2D eigenvalue weighted by Gasteiger charge is 2.54. The zero-order chi connectivity index (χ0) is 22.7. The molecule has 0 unspecified atom stereocenters. The molecular weight excluding hydrogens is 421 g/mol. The number of benzene rings is 2. The maximum absolute atomic E-state index is 14.3. The number of methoxy groups -OCH3 is 1. The molecule has 33 heavy (non-hydrogen) atoms. The summed E-state index contributed by atoms with van der Waals surface area (Å²) in [5, 5.41) is 11.5. The Morgan fingerprint density at radius 3 is 2.70 bits per heavy atom. The first-order valence-corrected chi connectivity index (χ1v) is 11.6. The average molecular weight is 450 g/mol. The molecule has 2 aliphatic heterocycles. The van der Waals surface area contributed by atoms with Crippen LogP contribution in [0.5, 0.6) is 5.75 Å². The molecule has 3 heterocycles. The lowest BCUT2D eigenvalue weighted by atomic mass is 9.68. The van der Waals surface area contributed by atoms with E-state index in [4.69, 9.17) is 4.74 Å². The minimum absolute atomic E-state index is 0.0393. The third kappa shape index (κ3) is 3.25. The van der Waals surface area contributed by atoms with Crippen molar-refractivity contribution >= 4 is 16.8 Å². The van der Waals surface area contributed by atoms with E-state index in [2.05, 4.69) is 16.0 Å². The highest BCUT2D eigenvalue weighted by Crippen LogP contribution is 2.49. The number of hydrogen-bond donors (Lipinski definition) is 2.